The van der Waals surface area contributed by atoms with Gasteiger partial charge in [0.15, 0.2) is 5.82 Å². The van der Waals surface area contributed by atoms with Gasteiger partial charge >= 0.3 is 0 Å². The van der Waals surface area contributed by atoms with Gasteiger partial charge in [0.1, 0.15) is 5.75 Å². The van der Waals surface area contributed by atoms with Crippen LogP contribution in [0.1, 0.15) is 30.1 Å². The second kappa shape index (κ2) is 6.63. The molecule has 0 saturated heterocycles. The Morgan fingerprint density at radius 3 is 3.00 bits per heavy atom. The number of thiophene rings is 1. The van der Waals surface area contributed by atoms with Crippen molar-refractivity contribution in [2.75, 3.05) is 13.7 Å². The highest BCUT2D eigenvalue weighted by atomic mass is 32.1. The lowest BCUT2D eigenvalue weighted by Gasteiger charge is -2.16. The molecular formula is C12H19N5OS. The zero-order valence-corrected chi connectivity index (χ0v) is 12.3. The number of ether oxygens (including phenoxy) is 1. The van der Waals surface area contributed by atoms with E-state index in [1.54, 1.807) is 25.5 Å². The van der Waals surface area contributed by atoms with Crippen molar-refractivity contribution < 1.29 is 4.74 Å². The van der Waals surface area contributed by atoms with Gasteiger partial charge in [0.25, 0.3) is 0 Å². The van der Waals surface area contributed by atoms with Crippen LogP contribution in [-0.2, 0) is 13.5 Å². The summed E-state index contributed by atoms with van der Waals surface area (Å²) in [6.07, 6.45) is 1.79. The van der Waals surface area contributed by atoms with E-state index in [9.17, 15) is 0 Å². The molecule has 0 aliphatic rings. The molecule has 104 valence electrons. The standard InChI is InChI=1S/C12H19N5OS/c1-4-6-13-9(8-11-14-16-17(2)15-11)12-10(18-3)5-7-19-12/h5,7,9,13H,4,6,8H2,1-3H3. The minimum atomic E-state index is 0.166. The number of hydrogen-bond donors (Lipinski definition) is 1. The smallest absolute Gasteiger partial charge is 0.176 e. The molecular weight excluding hydrogens is 262 g/mol. The van der Waals surface area contributed by atoms with Gasteiger partial charge in [-0.2, -0.15) is 4.80 Å². The molecule has 2 aromatic heterocycles. The SMILES string of the molecule is CCCNC(Cc1nnn(C)n1)c1sccc1OC. The quantitative estimate of drug-likeness (QED) is 0.834. The third-order valence-electron chi connectivity index (χ3n) is 2.77. The molecule has 6 nitrogen and oxygen atoms in total. The molecule has 1 atom stereocenters. The summed E-state index contributed by atoms with van der Waals surface area (Å²) in [6.45, 7) is 3.10. The van der Waals surface area contributed by atoms with Crippen LogP contribution in [0.15, 0.2) is 11.4 Å². The van der Waals surface area contributed by atoms with E-state index in [2.05, 4.69) is 27.7 Å². The third kappa shape index (κ3) is 3.51. The third-order valence-corrected chi connectivity index (χ3v) is 3.78. The van der Waals surface area contributed by atoms with Crippen molar-refractivity contribution in [3.8, 4) is 5.75 Å². The van der Waals surface area contributed by atoms with Crippen LogP contribution < -0.4 is 10.1 Å². The van der Waals surface area contributed by atoms with Gasteiger partial charge < -0.3 is 10.1 Å². The van der Waals surface area contributed by atoms with Crippen molar-refractivity contribution in [2.24, 2.45) is 7.05 Å². The van der Waals surface area contributed by atoms with Crippen LogP contribution in [0.5, 0.6) is 5.75 Å². The van der Waals surface area contributed by atoms with Crippen molar-refractivity contribution in [1.29, 1.82) is 0 Å². The van der Waals surface area contributed by atoms with Gasteiger partial charge in [0.2, 0.25) is 0 Å². The fraction of sp³-hybridized carbons (Fsp3) is 0.583. The second-order valence-corrected chi connectivity index (χ2v) is 5.21. The van der Waals surface area contributed by atoms with Gasteiger partial charge in [-0.3, -0.25) is 0 Å². The van der Waals surface area contributed by atoms with Gasteiger partial charge in [-0.15, -0.1) is 21.5 Å². The van der Waals surface area contributed by atoms with Crippen molar-refractivity contribution in [3.63, 3.8) is 0 Å². The Morgan fingerprint density at radius 2 is 2.37 bits per heavy atom. The number of tetrazole rings is 1. The maximum Gasteiger partial charge on any atom is 0.176 e. The summed E-state index contributed by atoms with van der Waals surface area (Å²) in [4.78, 5) is 2.67. The summed E-state index contributed by atoms with van der Waals surface area (Å²) in [7, 11) is 3.47. The molecule has 1 N–H and O–H groups in total. The number of hydrogen-bond acceptors (Lipinski definition) is 6. The molecule has 0 aliphatic heterocycles. The highest BCUT2D eigenvalue weighted by molar-refractivity contribution is 7.10. The number of aryl methyl sites for hydroxylation is 1. The first-order valence-corrected chi connectivity index (χ1v) is 7.20. The van der Waals surface area contributed by atoms with Crippen molar-refractivity contribution in [3.05, 3.63) is 22.1 Å². The molecule has 0 aliphatic carbocycles. The average molecular weight is 281 g/mol. The predicted molar refractivity (Wildman–Crippen MR) is 74.4 cm³/mol. The summed E-state index contributed by atoms with van der Waals surface area (Å²) >= 11 is 1.69. The van der Waals surface area contributed by atoms with E-state index in [0.717, 1.165) is 24.5 Å². The fourth-order valence-corrected chi connectivity index (χ4v) is 2.83. The lowest BCUT2D eigenvalue weighted by molar-refractivity contribution is 0.401. The highest BCUT2D eigenvalue weighted by Gasteiger charge is 2.19. The first-order chi connectivity index (χ1) is 9.24. The number of methoxy groups -OCH3 is 1. The normalized spacial score (nSPS) is 12.6. The van der Waals surface area contributed by atoms with Crippen LogP contribution >= 0.6 is 11.3 Å². The molecule has 19 heavy (non-hydrogen) atoms. The first kappa shape index (κ1) is 14.0. The van der Waals surface area contributed by atoms with E-state index >= 15 is 0 Å². The largest absolute Gasteiger partial charge is 0.496 e. The fourth-order valence-electron chi connectivity index (χ4n) is 1.90. The van der Waals surface area contributed by atoms with E-state index < -0.39 is 0 Å². The monoisotopic (exact) mass is 281 g/mol. The molecule has 0 aromatic carbocycles. The topological polar surface area (TPSA) is 64.9 Å². The Balaban J connectivity index is 2.15. The summed E-state index contributed by atoms with van der Waals surface area (Å²) in [5.74, 6) is 1.66. The van der Waals surface area contributed by atoms with Crippen molar-refractivity contribution >= 4 is 11.3 Å². The molecule has 0 spiro atoms. The molecule has 0 fully saturated rings. The summed E-state index contributed by atoms with van der Waals surface area (Å²) in [6, 6.07) is 2.16. The van der Waals surface area contributed by atoms with E-state index in [1.165, 1.54) is 9.67 Å². The Hall–Kier alpha value is -1.47. The Kier molecular flexibility index (Phi) is 4.86. The lowest BCUT2D eigenvalue weighted by Crippen LogP contribution is -2.24. The Morgan fingerprint density at radius 1 is 1.53 bits per heavy atom. The zero-order valence-electron chi connectivity index (χ0n) is 11.5. The molecule has 2 rings (SSSR count). The first-order valence-electron chi connectivity index (χ1n) is 6.32. The van der Waals surface area contributed by atoms with E-state index in [1.807, 2.05) is 11.4 Å². The Labute approximate surface area is 116 Å². The predicted octanol–water partition coefficient (Wildman–Crippen LogP) is 1.56. The number of aromatic nitrogens is 4. The molecule has 2 heterocycles. The lowest BCUT2D eigenvalue weighted by atomic mass is 10.1. The van der Waals surface area contributed by atoms with Gasteiger partial charge in [0.05, 0.1) is 25.1 Å². The minimum Gasteiger partial charge on any atom is -0.496 e. The molecule has 2 aromatic rings. The highest BCUT2D eigenvalue weighted by Crippen LogP contribution is 2.32. The summed E-state index contributed by atoms with van der Waals surface area (Å²) in [5.41, 5.74) is 0. The van der Waals surface area contributed by atoms with E-state index in [0.29, 0.717) is 6.42 Å². The van der Waals surface area contributed by atoms with E-state index in [4.69, 9.17) is 4.74 Å². The maximum absolute atomic E-state index is 5.40. The van der Waals surface area contributed by atoms with Gasteiger partial charge in [-0.25, -0.2) is 0 Å². The van der Waals surface area contributed by atoms with Gasteiger partial charge in [0, 0.05) is 6.42 Å². The Bertz CT molecular complexity index is 510. The molecule has 0 amide bonds. The second-order valence-electron chi connectivity index (χ2n) is 4.26. The van der Waals surface area contributed by atoms with Crippen LogP contribution in [0.3, 0.4) is 0 Å². The average Bonchev–Trinajstić information content (AvgIpc) is 3.03. The van der Waals surface area contributed by atoms with Crippen LogP contribution in [0.2, 0.25) is 0 Å². The molecule has 0 radical (unpaired) electrons. The van der Waals surface area contributed by atoms with Crippen LogP contribution in [0.25, 0.3) is 0 Å². The number of nitrogens with one attached hydrogen (secondary N) is 1. The van der Waals surface area contributed by atoms with Gasteiger partial charge in [-0.1, -0.05) is 6.92 Å². The van der Waals surface area contributed by atoms with Crippen LogP contribution in [0, 0.1) is 0 Å². The summed E-state index contributed by atoms with van der Waals surface area (Å²) < 4.78 is 5.40. The summed E-state index contributed by atoms with van der Waals surface area (Å²) in [5, 5.41) is 17.7. The zero-order chi connectivity index (χ0) is 13.7. The van der Waals surface area contributed by atoms with E-state index in [-0.39, 0.29) is 6.04 Å². The van der Waals surface area contributed by atoms with Crippen molar-refractivity contribution in [2.45, 2.75) is 25.8 Å². The minimum absolute atomic E-state index is 0.166. The molecule has 0 bridgehead atoms. The van der Waals surface area contributed by atoms with Crippen LogP contribution in [0.4, 0.5) is 0 Å². The maximum atomic E-state index is 5.40. The molecule has 1 unspecified atom stereocenters. The molecule has 7 heteroatoms. The number of nitrogens with zero attached hydrogens (tertiary/aromatic N) is 4. The molecule has 0 saturated carbocycles. The van der Waals surface area contributed by atoms with Gasteiger partial charge in [-0.05, 0) is 29.6 Å². The number of rotatable bonds is 7. The van der Waals surface area contributed by atoms with Crippen LogP contribution in [-0.4, -0.2) is 33.9 Å². The van der Waals surface area contributed by atoms with Crippen molar-refractivity contribution in [1.82, 2.24) is 25.5 Å².